The number of benzene rings is 2. The van der Waals surface area contributed by atoms with Crippen LogP contribution < -0.4 is 0 Å². The van der Waals surface area contributed by atoms with Crippen molar-refractivity contribution in [1.29, 1.82) is 0 Å². The van der Waals surface area contributed by atoms with Gasteiger partial charge in [-0.1, -0.05) is 49.9 Å². The van der Waals surface area contributed by atoms with E-state index in [0.717, 1.165) is 46.1 Å². The highest BCUT2D eigenvalue weighted by atomic mass is 35.5. The molecule has 0 N–H and O–H groups in total. The Hall–Kier alpha value is -2.46. The number of aryl methyl sites for hydroxylation is 1. The van der Waals surface area contributed by atoms with Crippen LogP contribution in [0.2, 0.25) is 5.02 Å². The summed E-state index contributed by atoms with van der Waals surface area (Å²) in [5.41, 5.74) is 4.36. The molecular formula is C21H21ClN4. The Labute approximate surface area is 157 Å². The van der Waals surface area contributed by atoms with Crippen molar-refractivity contribution in [2.45, 2.75) is 39.2 Å². The molecule has 2 heterocycles. The second-order valence-electron chi connectivity index (χ2n) is 6.51. The minimum atomic E-state index is 0.698. The molecule has 0 atom stereocenters. The number of hydrogen-bond donors (Lipinski definition) is 0. The number of imidazole rings is 1. The van der Waals surface area contributed by atoms with Gasteiger partial charge in [0.2, 0.25) is 0 Å². The second-order valence-corrected chi connectivity index (χ2v) is 6.95. The highest BCUT2D eigenvalue weighted by Gasteiger charge is 2.15. The van der Waals surface area contributed by atoms with Gasteiger partial charge in [0.15, 0.2) is 11.3 Å². The summed E-state index contributed by atoms with van der Waals surface area (Å²) in [7, 11) is 0. The van der Waals surface area contributed by atoms with Crippen LogP contribution in [0.3, 0.4) is 0 Å². The molecule has 132 valence electrons. The number of fused-ring (bicyclic) bond motifs is 2. The van der Waals surface area contributed by atoms with Crippen molar-refractivity contribution in [3.8, 4) is 11.4 Å². The third kappa shape index (κ3) is 3.29. The van der Waals surface area contributed by atoms with Crippen LogP contribution in [0.4, 0.5) is 0 Å². The molecule has 2 aromatic carbocycles. The molecule has 0 radical (unpaired) electrons. The van der Waals surface area contributed by atoms with E-state index >= 15 is 0 Å². The van der Waals surface area contributed by atoms with Crippen LogP contribution in [0.1, 0.15) is 32.6 Å². The number of nitrogens with zero attached hydrogens (tertiary/aromatic N) is 4. The van der Waals surface area contributed by atoms with Crippen molar-refractivity contribution in [3.63, 3.8) is 0 Å². The first-order valence-electron chi connectivity index (χ1n) is 9.15. The predicted molar refractivity (Wildman–Crippen MR) is 107 cm³/mol. The average Bonchev–Trinajstić information content (AvgIpc) is 3.01. The number of unbranched alkanes of at least 4 members (excludes halogenated alkanes) is 3. The van der Waals surface area contributed by atoms with Gasteiger partial charge in [0.1, 0.15) is 5.82 Å². The predicted octanol–water partition coefficient (Wildman–Crippen LogP) is 5.88. The molecule has 0 spiro atoms. The van der Waals surface area contributed by atoms with Crippen LogP contribution in [-0.4, -0.2) is 19.5 Å². The molecular weight excluding hydrogens is 344 g/mol. The van der Waals surface area contributed by atoms with Crippen LogP contribution in [0.5, 0.6) is 0 Å². The molecule has 0 aliphatic heterocycles. The van der Waals surface area contributed by atoms with E-state index in [1.165, 1.54) is 19.3 Å². The van der Waals surface area contributed by atoms with Crippen LogP contribution in [0.25, 0.3) is 33.7 Å². The smallest absolute Gasteiger partial charge is 0.198 e. The third-order valence-corrected chi connectivity index (χ3v) is 4.85. The average molecular weight is 365 g/mol. The Morgan fingerprint density at radius 3 is 2.31 bits per heavy atom. The molecule has 0 saturated heterocycles. The van der Waals surface area contributed by atoms with Gasteiger partial charge in [-0.3, -0.25) is 0 Å². The van der Waals surface area contributed by atoms with Crippen LogP contribution >= 0.6 is 11.6 Å². The Balaban J connectivity index is 1.84. The quantitative estimate of drug-likeness (QED) is 0.401. The normalized spacial score (nSPS) is 11.5. The topological polar surface area (TPSA) is 43.6 Å². The number of halogens is 1. The lowest BCUT2D eigenvalue weighted by atomic mass is 10.2. The SMILES string of the molecule is CCCCCCn1c(-c2ccc(Cl)cc2)nc2nc3ccccc3nc21. The number of para-hydroxylation sites is 2. The molecule has 0 saturated carbocycles. The van der Waals surface area contributed by atoms with Crippen molar-refractivity contribution in [3.05, 3.63) is 53.6 Å². The first-order valence-corrected chi connectivity index (χ1v) is 9.53. The molecule has 2 aromatic heterocycles. The standard InChI is InChI=1S/C21H21ClN4/c1-2-3-4-7-14-26-20(15-10-12-16(22)13-11-15)25-19-21(26)24-18-9-6-5-8-17(18)23-19/h5-6,8-13H,2-4,7,14H2,1H3. The lowest BCUT2D eigenvalue weighted by Gasteiger charge is -2.09. The molecule has 0 unspecified atom stereocenters. The van der Waals surface area contributed by atoms with Crippen LogP contribution in [0, 0.1) is 0 Å². The summed E-state index contributed by atoms with van der Waals surface area (Å²) < 4.78 is 2.20. The van der Waals surface area contributed by atoms with Crippen molar-refractivity contribution in [2.75, 3.05) is 0 Å². The van der Waals surface area contributed by atoms with Gasteiger partial charge in [0.05, 0.1) is 11.0 Å². The van der Waals surface area contributed by atoms with Gasteiger partial charge < -0.3 is 4.57 Å². The largest absolute Gasteiger partial charge is 0.307 e. The summed E-state index contributed by atoms with van der Waals surface area (Å²) in [4.78, 5) is 14.4. The van der Waals surface area contributed by atoms with Gasteiger partial charge in [-0.25, -0.2) is 15.0 Å². The fourth-order valence-corrected chi connectivity index (χ4v) is 3.35. The van der Waals surface area contributed by atoms with Crippen molar-refractivity contribution >= 4 is 33.9 Å². The zero-order valence-corrected chi connectivity index (χ0v) is 15.6. The molecule has 26 heavy (non-hydrogen) atoms. The molecule has 5 heteroatoms. The van der Waals surface area contributed by atoms with Gasteiger partial charge in [-0.15, -0.1) is 0 Å². The highest BCUT2D eigenvalue weighted by molar-refractivity contribution is 6.30. The van der Waals surface area contributed by atoms with E-state index in [1.807, 2.05) is 48.5 Å². The first kappa shape index (κ1) is 17.0. The van der Waals surface area contributed by atoms with E-state index < -0.39 is 0 Å². The van der Waals surface area contributed by atoms with Crippen LogP contribution in [0.15, 0.2) is 48.5 Å². The van der Waals surface area contributed by atoms with Gasteiger partial charge in [-0.2, -0.15) is 0 Å². The van der Waals surface area contributed by atoms with Gasteiger partial charge in [-0.05, 0) is 42.8 Å². The summed E-state index contributed by atoms with van der Waals surface area (Å²) in [5.74, 6) is 0.906. The van der Waals surface area contributed by atoms with Crippen molar-refractivity contribution < 1.29 is 0 Å². The van der Waals surface area contributed by atoms with Gasteiger partial charge in [0.25, 0.3) is 0 Å². The number of rotatable bonds is 6. The second kappa shape index (κ2) is 7.42. The van der Waals surface area contributed by atoms with E-state index in [0.29, 0.717) is 5.65 Å². The fourth-order valence-electron chi connectivity index (χ4n) is 3.23. The molecule has 4 aromatic rings. The third-order valence-electron chi connectivity index (χ3n) is 4.60. The summed E-state index contributed by atoms with van der Waals surface area (Å²) in [6.45, 7) is 3.12. The molecule has 0 aliphatic rings. The molecule has 0 aliphatic carbocycles. The van der Waals surface area contributed by atoms with E-state index in [2.05, 4.69) is 11.5 Å². The fraction of sp³-hybridized carbons (Fsp3) is 0.286. The summed E-state index contributed by atoms with van der Waals surface area (Å²) in [6.07, 6.45) is 4.78. The summed E-state index contributed by atoms with van der Waals surface area (Å²) >= 11 is 6.05. The Bertz CT molecular complexity index is 1040. The minimum Gasteiger partial charge on any atom is -0.307 e. The van der Waals surface area contributed by atoms with Gasteiger partial charge >= 0.3 is 0 Å². The summed E-state index contributed by atoms with van der Waals surface area (Å²) in [5, 5.41) is 0.723. The monoisotopic (exact) mass is 364 g/mol. The van der Waals surface area contributed by atoms with E-state index in [1.54, 1.807) is 0 Å². The van der Waals surface area contributed by atoms with Crippen molar-refractivity contribution in [1.82, 2.24) is 19.5 Å². The molecule has 0 bridgehead atoms. The number of hydrogen-bond acceptors (Lipinski definition) is 3. The maximum absolute atomic E-state index is 6.05. The molecule has 0 amide bonds. The van der Waals surface area contributed by atoms with Gasteiger partial charge in [0, 0.05) is 17.1 Å². The maximum atomic E-state index is 6.05. The lowest BCUT2D eigenvalue weighted by molar-refractivity contribution is 0.592. The van der Waals surface area contributed by atoms with Crippen molar-refractivity contribution in [2.24, 2.45) is 0 Å². The molecule has 4 rings (SSSR count). The number of aromatic nitrogens is 4. The molecule has 4 nitrogen and oxygen atoms in total. The zero-order valence-electron chi connectivity index (χ0n) is 14.8. The van der Waals surface area contributed by atoms with E-state index in [-0.39, 0.29) is 0 Å². The highest BCUT2D eigenvalue weighted by Crippen LogP contribution is 2.26. The van der Waals surface area contributed by atoms with E-state index in [4.69, 9.17) is 26.6 Å². The first-order chi connectivity index (χ1) is 12.8. The molecule has 0 fully saturated rings. The summed E-state index contributed by atoms with van der Waals surface area (Å²) in [6, 6.07) is 15.7. The Kier molecular flexibility index (Phi) is 4.85. The maximum Gasteiger partial charge on any atom is 0.198 e. The lowest BCUT2D eigenvalue weighted by Crippen LogP contribution is -2.02. The minimum absolute atomic E-state index is 0.698. The van der Waals surface area contributed by atoms with Crippen LogP contribution in [-0.2, 0) is 6.54 Å². The Morgan fingerprint density at radius 2 is 1.58 bits per heavy atom. The van der Waals surface area contributed by atoms with E-state index in [9.17, 15) is 0 Å². The Morgan fingerprint density at radius 1 is 0.846 bits per heavy atom. The zero-order chi connectivity index (χ0) is 17.9.